The Hall–Kier alpha value is 0.180. The van der Waals surface area contributed by atoms with Crippen LogP contribution in [0.1, 0.15) is 19.3 Å². The van der Waals surface area contributed by atoms with Gasteiger partial charge >= 0.3 is 0 Å². The largest absolute Gasteiger partial charge is 0.317 e. The van der Waals surface area contributed by atoms with E-state index in [2.05, 4.69) is 5.32 Å². The smallest absolute Gasteiger partial charge is 0.113 e. The van der Waals surface area contributed by atoms with Crippen LogP contribution in [0.5, 0.6) is 0 Å². The van der Waals surface area contributed by atoms with Crippen molar-refractivity contribution in [2.24, 2.45) is 5.92 Å². The van der Waals surface area contributed by atoms with Gasteiger partial charge in [-0.2, -0.15) is 0 Å². The van der Waals surface area contributed by atoms with Gasteiger partial charge in [0.1, 0.15) is 6.17 Å². The van der Waals surface area contributed by atoms with Crippen LogP contribution in [0.3, 0.4) is 0 Å². The molecule has 1 unspecified atom stereocenters. The molecule has 0 heterocycles. The third-order valence-electron chi connectivity index (χ3n) is 1.71. The van der Waals surface area contributed by atoms with Crippen LogP contribution in [0, 0.1) is 5.92 Å². The molecule has 1 atom stereocenters. The molecule has 0 aromatic heterocycles. The lowest BCUT2D eigenvalue weighted by Gasteiger charge is -2.04. The van der Waals surface area contributed by atoms with E-state index in [1.165, 1.54) is 12.8 Å². The summed E-state index contributed by atoms with van der Waals surface area (Å²) < 4.78 is 12.6. The Balaban J connectivity index is 0.000000810. The molecule has 0 spiro atoms. The molecular weight excluding hydrogens is 153 g/mol. The quantitative estimate of drug-likeness (QED) is 0.673. The highest BCUT2D eigenvalue weighted by atomic mass is 35.5. The number of rotatable bonds is 4. The molecule has 0 bridgehead atoms. The number of hydrogen-bond acceptors (Lipinski definition) is 1. The number of hydrogen-bond donors (Lipinski definition) is 1. The Morgan fingerprint density at radius 3 is 2.60 bits per heavy atom. The van der Waals surface area contributed by atoms with Gasteiger partial charge in [-0.3, -0.25) is 0 Å². The summed E-state index contributed by atoms with van der Waals surface area (Å²) >= 11 is 0. The number of halogens is 2. The normalized spacial score (nSPS) is 19.8. The molecule has 3 heteroatoms. The van der Waals surface area contributed by atoms with E-state index in [1.807, 2.05) is 0 Å². The molecule has 0 aromatic rings. The first-order valence-corrected chi connectivity index (χ1v) is 3.61. The molecule has 62 valence electrons. The minimum Gasteiger partial charge on any atom is -0.317 e. The molecular formula is C7H15ClFN. The third-order valence-corrected chi connectivity index (χ3v) is 1.71. The molecule has 10 heavy (non-hydrogen) atoms. The van der Waals surface area contributed by atoms with Crippen LogP contribution in [0.15, 0.2) is 0 Å². The average molecular weight is 168 g/mol. The fourth-order valence-electron chi connectivity index (χ4n) is 1.02. The van der Waals surface area contributed by atoms with Crippen molar-refractivity contribution in [3.8, 4) is 0 Å². The van der Waals surface area contributed by atoms with Crippen molar-refractivity contribution in [1.29, 1.82) is 0 Å². The van der Waals surface area contributed by atoms with E-state index in [0.29, 0.717) is 12.5 Å². The van der Waals surface area contributed by atoms with Crippen LogP contribution in [0.25, 0.3) is 0 Å². The maximum Gasteiger partial charge on any atom is 0.113 e. The Morgan fingerprint density at radius 2 is 2.20 bits per heavy atom. The summed E-state index contributed by atoms with van der Waals surface area (Å²) in [6, 6.07) is 0. The van der Waals surface area contributed by atoms with E-state index in [4.69, 9.17) is 0 Å². The summed E-state index contributed by atoms with van der Waals surface area (Å²) in [5, 5.41) is 2.83. The van der Waals surface area contributed by atoms with Gasteiger partial charge in [-0.25, -0.2) is 4.39 Å². The number of nitrogens with one attached hydrogen (secondary N) is 1. The van der Waals surface area contributed by atoms with Crippen molar-refractivity contribution in [2.75, 3.05) is 13.6 Å². The third kappa shape index (κ3) is 4.07. The number of alkyl halides is 1. The van der Waals surface area contributed by atoms with Gasteiger partial charge in [0.15, 0.2) is 0 Å². The van der Waals surface area contributed by atoms with E-state index in [-0.39, 0.29) is 12.4 Å². The topological polar surface area (TPSA) is 12.0 Å². The lowest BCUT2D eigenvalue weighted by molar-refractivity contribution is 0.295. The Kier molecular flexibility index (Phi) is 5.00. The second-order valence-electron chi connectivity index (χ2n) is 2.83. The lowest BCUT2D eigenvalue weighted by Crippen LogP contribution is -2.19. The molecule has 1 saturated carbocycles. The maximum absolute atomic E-state index is 12.6. The van der Waals surface area contributed by atoms with Gasteiger partial charge in [-0.05, 0) is 19.4 Å². The fourth-order valence-corrected chi connectivity index (χ4v) is 1.02. The molecule has 0 radical (unpaired) electrons. The van der Waals surface area contributed by atoms with E-state index < -0.39 is 6.17 Å². The second kappa shape index (κ2) is 4.91. The van der Waals surface area contributed by atoms with Gasteiger partial charge in [-0.1, -0.05) is 12.8 Å². The Bertz CT molecular complexity index is 85.7. The molecule has 1 nitrogen and oxygen atoms in total. The van der Waals surface area contributed by atoms with Gasteiger partial charge in [-0.15, -0.1) is 12.4 Å². The molecule has 1 N–H and O–H groups in total. The van der Waals surface area contributed by atoms with Crippen LogP contribution in [0.4, 0.5) is 4.39 Å². The van der Waals surface area contributed by atoms with E-state index in [1.54, 1.807) is 7.05 Å². The molecule has 0 aromatic carbocycles. The molecule has 0 aliphatic heterocycles. The first-order valence-electron chi connectivity index (χ1n) is 3.61. The van der Waals surface area contributed by atoms with Crippen molar-refractivity contribution in [3.05, 3.63) is 0 Å². The fraction of sp³-hybridized carbons (Fsp3) is 1.00. The van der Waals surface area contributed by atoms with E-state index in [9.17, 15) is 4.39 Å². The highest BCUT2D eigenvalue weighted by Gasteiger charge is 2.24. The zero-order valence-electron chi connectivity index (χ0n) is 6.27. The van der Waals surface area contributed by atoms with Gasteiger partial charge in [0.25, 0.3) is 0 Å². The zero-order chi connectivity index (χ0) is 6.69. The van der Waals surface area contributed by atoms with E-state index >= 15 is 0 Å². The minimum absolute atomic E-state index is 0. The monoisotopic (exact) mass is 167 g/mol. The Morgan fingerprint density at radius 1 is 1.60 bits per heavy atom. The van der Waals surface area contributed by atoms with Gasteiger partial charge < -0.3 is 5.32 Å². The first-order chi connectivity index (χ1) is 4.33. The highest BCUT2D eigenvalue weighted by molar-refractivity contribution is 5.85. The van der Waals surface area contributed by atoms with Gasteiger partial charge in [0, 0.05) is 6.54 Å². The predicted octanol–water partition coefficient (Wildman–Crippen LogP) is 1.77. The molecule has 1 aliphatic carbocycles. The summed E-state index contributed by atoms with van der Waals surface area (Å²) in [6.45, 7) is 0.524. The van der Waals surface area contributed by atoms with Crippen LogP contribution in [0.2, 0.25) is 0 Å². The predicted molar refractivity (Wildman–Crippen MR) is 43.4 cm³/mol. The SMILES string of the molecule is CNCC(F)CC1CC1.Cl. The Labute approximate surface area is 67.8 Å². The van der Waals surface area contributed by atoms with E-state index in [0.717, 1.165) is 6.42 Å². The van der Waals surface area contributed by atoms with Crippen molar-refractivity contribution >= 4 is 12.4 Å². The van der Waals surface area contributed by atoms with Gasteiger partial charge in [0.2, 0.25) is 0 Å². The van der Waals surface area contributed by atoms with Crippen LogP contribution < -0.4 is 5.32 Å². The molecule has 1 aliphatic rings. The zero-order valence-corrected chi connectivity index (χ0v) is 7.09. The van der Waals surface area contributed by atoms with Crippen LogP contribution in [-0.2, 0) is 0 Å². The molecule has 0 saturated heterocycles. The summed E-state index contributed by atoms with van der Waals surface area (Å²) in [4.78, 5) is 0. The first kappa shape index (κ1) is 10.2. The highest BCUT2D eigenvalue weighted by Crippen LogP contribution is 2.33. The van der Waals surface area contributed by atoms with Gasteiger partial charge in [0.05, 0.1) is 0 Å². The summed E-state index contributed by atoms with van der Waals surface area (Å²) in [7, 11) is 1.79. The summed E-state index contributed by atoms with van der Waals surface area (Å²) in [6.07, 6.45) is 2.68. The molecule has 1 fully saturated rings. The second-order valence-corrected chi connectivity index (χ2v) is 2.83. The van der Waals surface area contributed by atoms with Crippen molar-refractivity contribution < 1.29 is 4.39 Å². The van der Waals surface area contributed by atoms with Crippen molar-refractivity contribution in [2.45, 2.75) is 25.4 Å². The summed E-state index contributed by atoms with van der Waals surface area (Å²) in [5.41, 5.74) is 0. The van der Waals surface area contributed by atoms with Crippen LogP contribution in [-0.4, -0.2) is 19.8 Å². The molecule has 0 amide bonds. The summed E-state index contributed by atoms with van der Waals surface area (Å²) in [5.74, 6) is 0.716. The molecule has 1 rings (SSSR count). The van der Waals surface area contributed by atoms with Crippen LogP contribution >= 0.6 is 12.4 Å². The van der Waals surface area contributed by atoms with Crippen molar-refractivity contribution in [1.82, 2.24) is 5.32 Å². The standard InChI is InChI=1S/C7H14FN.ClH/c1-9-5-7(8)4-6-2-3-6;/h6-7,9H,2-5H2,1H3;1H. The lowest BCUT2D eigenvalue weighted by atomic mass is 10.2. The minimum atomic E-state index is -0.609. The van der Waals surface area contributed by atoms with Crippen molar-refractivity contribution in [3.63, 3.8) is 0 Å². The maximum atomic E-state index is 12.6. The average Bonchev–Trinajstić information content (AvgIpc) is 2.50.